The molecule has 2 aromatic carbocycles. The highest BCUT2D eigenvalue weighted by Crippen LogP contribution is 2.24. The summed E-state index contributed by atoms with van der Waals surface area (Å²) < 4.78 is 3.34. The van der Waals surface area contributed by atoms with Crippen LogP contribution >= 0.6 is 23.4 Å². The standard InChI is InChI=1S/C22H20ClN5O3S/c1-3-9-27-20(31)17-8-7-15(23)11-18(17)28-21(27)25-26-22(28)32-12-19(30)24-16-6-4-5-14(10-16)13(2)29/h4-8,10-11H,3,9,12H2,1-2H3,(H,24,30). The number of anilines is 1. The number of Topliss-reactive ketones (excluding diaryl/α,β-unsaturated/α-hetero) is 1. The van der Waals surface area contributed by atoms with Gasteiger partial charge in [-0.15, -0.1) is 10.2 Å². The summed E-state index contributed by atoms with van der Waals surface area (Å²) in [7, 11) is 0. The lowest BCUT2D eigenvalue weighted by Gasteiger charge is -2.11. The fourth-order valence-corrected chi connectivity index (χ4v) is 4.32. The molecule has 2 aromatic heterocycles. The van der Waals surface area contributed by atoms with E-state index in [9.17, 15) is 14.4 Å². The van der Waals surface area contributed by atoms with Crippen LogP contribution in [-0.2, 0) is 11.3 Å². The Bertz CT molecular complexity index is 1410. The zero-order valence-electron chi connectivity index (χ0n) is 17.5. The van der Waals surface area contributed by atoms with Crippen molar-refractivity contribution in [2.45, 2.75) is 32.0 Å². The number of benzene rings is 2. The summed E-state index contributed by atoms with van der Waals surface area (Å²) in [6.07, 6.45) is 0.756. The molecule has 0 bridgehead atoms. The summed E-state index contributed by atoms with van der Waals surface area (Å²) in [4.78, 5) is 37.0. The lowest BCUT2D eigenvalue weighted by atomic mass is 10.1. The molecule has 32 heavy (non-hydrogen) atoms. The third kappa shape index (κ3) is 4.26. The highest BCUT2D eigenvalue weighted by molar-refractivity contribution is 7.99. The second kappa shape index (κ2) is 9.13. The Morgan fingerprint density at radius 1 is 1.16 bits per heavy atom. The molecule has 0 aliphatic heterocycles. The van der Waals surface area contributed by atoms with Crippen molar-refractivity contribution in [3.05, 3.63) is 63.4 Å². The second-order valence-corrected chi connectivity index (χ2v) is 8.59. The molecule has 0 unspecified atom stereocenters. The highest BCUT2D eigenvalue weighted by Gasteiger charge is 2.18. The van der Waals surface area contributed by atoms with Gasteiger partial charge >= 0.3 is 0 Å². The summed E-state index contributed by atoms with van der Waals surface area (Å²) in [5, 5.41) is 12.7. The number of hydrogen-bond donors (Lipinski definition) is 1. The summed E-state index contributed by atoms with van der Waals surface area (Å²) in [5.41, 5.74) is 1.50. The van der Waals surface area contributed by atoms with Crippen LogP contribution in [-0.4, -0.2) is 36.6 Å². The van der Waals surface area contributed by atoms with Crippen molar-refractivity contribution in [2.75, 3.05) is 11.1 Å². The average molecular weight is 470 g/mol. The maximum atomic E-state index is 12.9. The van der Waals surface area contributed by atoms with Gasteiger partial charge in [-0.25, -0.2) is 0 Å². The van der Waals surface area contributed by atoms with Crippen molar-refractivity contribution in [3.8, 4) is 0 Å². The predicted octanol–water partition coefficient (Wildman–Crippen LogP) is 4.04. The molecule has 0 saturated heterocycles. The van der Waals surface area contributed by atoms with Gasteiger partial charge in [-0.3, -0.25) is 23.4 Å². The number of halogens is 1. The van der Waals surface area contributed by atoms with Crippen LogP contribution < -0.4 is 10.9 Å². The Balaban J connectivity index is 1.65. The molecule has 4 rings (SSSR count). The van der Waals surface area contributed by atoms with E-state index in [2.05, 4.69) is 15.5 Å². The van der Waals surface area contributed by atoms with Crippen LogP contribution in [0.15, 0.2) is 52.4 Å². The number of hydrogen-bond acceptors (Lipinski definition) is 6. The van der Waals surface area contributed by atoms with Crippen molar-refractivity contribution in [2.24, 2.45) is 0 Å². The number of aryl methyl sites for hydroxylation is 1. The number of carbonyl (C=O) groups excluding carboxylic acids is 2. The van der Waals surface area contributed by atoms with E-state index in [1.54, 1.807) is 51.4 Å². The number of fused-ring (bicyclic) bond motifs is 3. The zero-order valence-corrected chi connectivity index (χ0v) is 19.0. The SMILES string of the molecule is CCCn1c(=O)c2ccc(Cl)cc2n2c(SCC(=O)Nc3cccc(C(C)=O)c3)nnc12. The molecule has 164 valence electrons. The fraction of sp³-hybridized carbons (Fsp3) is 0.227. The van der Waals surface area contributed by atoms with Crippen LogP contribution in [0.3, 0.4) is 0 Å². The third-order valence-electron chi connectivity index (χ3n) is 4.87. The quantitative estimate of drug-likeness (QED) is 0.324. The number of aromatic nitrogens is 4. The van der Waals surface area contributed by atoms with Crippen molar-refractivity contribution in [1.82, 2.24) is 19.2 Å². The number of ketones is 1. The lowest BCUT2D eigenvalue weighted by Crippen LogP contribution is -2.23. The molecule has 1 amide bonds. The summed E-state index contributed by atoms with van der Waals surface area (Å²) in [6, 6.07) is 11.8. The molecule has 10 heteroatoms. The van der Waals surface area contributed by atoms with Gasteiger partial charge in [-0.2, -0.15) is 0 Å². The first-order valence-electron chi connectivity index (χ1n) is 10.00. The van der Waals surface area contributed by atoms with E-state index >= 15 is 0 Å². The van der Waals surface area contributed by atoms with E-state index in [1.165, 1.54) is 18.7 Å². The van der Waals surface area contributed by atoms with E-state index in [1.807, 2.05) is 6.92 Å². The molecule has 0 radical (unpaired) electrons. The molecule has 4 aromatic rings. The largest absolute Gasteiger partial charge is 0.325 e. The molecular weight excluding hydrogens is 450 g/mol. The summed E-state index contributed by atoms with van der Waals surface area (Å²) >= 11 is 7.39. The predicted molar refractivity (Wildman–Crippen MR) is 126 cm³/mol. The first-order chi connectivity index (χ1) is 15.4. The van der Waals surface area contributed by atoms with Crippen molar-refractivity contribution in [1.29, 1.82) is 0 Å². The molecule has 0 saturated carbocycles. The van der Waals surface area contributed by atoms with Gasteiger partial charge in [0.25, 0.3) is 5.56 Å². The molecular formula is C22H20ClN5O3S. The smallest absolute Gasteiger partial charge is 0.262 e. The highest BCUT2D eigenvalue weighted by atomic mass is 35.5. The van der Waals surface area contributed by atoms with Gasteiger partial charge in [-0.1, -0.05) is 42.4 Å². The van der Waals surface area contributed by atoms with Crippen LogP contribution in [0, 0.1) is 0 Å². The van der Waals surface area contributed by atoms with E-state index in [0.717, 1.165) is 6.42 Å². The number of amides is 1. The monoisotopic (exact) mass is 469 g/mol. The minimum atomic E-state index is -0.253. The summed E-state index contributed by atoms with van der Waals surface area (Å²) in [6.45, 7) is 3.95. The minimum Gasteiger partial charge on any atom is -0.325 e. The summed E-state index contributed by atoms with van der Waals surface area (Å²) in [5.74, 6) is 0.148. The molecule has 0 atom stereocenters. The van der Waals surface area contributed by atoms with Gasteiger partial charge in [0.15, 0.2) is 10.9 Å². The number of nitrogens with one attached hydrogen (secondary N) is 1. The maximum absolute atomic E-state index is 12.9. The Morgan fingerprint density at radius 3 is 2.72 bits per heavy atom. The van der Waals surface area contributed by atoms with Gasteiger partial charge in [0, 0.05) is 22.8 Å². The van der Waals surface area contributed by atoms with Crippen molar-refractivity contribution in [3.63, 3.8) is 0 Å². The number of carbonyl (C=O) groups is 2. The van der Waals surface area contributed by atoms with Gasteiger partial charge in [-0.05, 0) is 43.7 Å². The Hall–Kier alpha value is -3.17. The molecule has 1 N–H and O–H groups in total. The third-order valence-corrected chi connectivity index (χ3v) is 6.03. The number of thioether (sulfide) groups is 1. The van der Waals surface area contributed by atoms with E-state index < -0.39 is 0 Å². The molecule has 0 spiro atoms. The first-order valence-corrected chi connectivity index (χ1v) is 11.4. The first kappa shape index (κ1) is 22.0. The van der Waals surface area contributed by atoms with Crippen LogP contribution in [0.25, 0.3) is 16.7 Å². The molecule has 2 heterocycles. The Labute approximate surface area is 192 Å². The molecule has 0 aliphatic rings. The van der Waals surface area contributed by atoms with Crippen LogP contribution in [0.1, 0.15) is 30.6 Å². The maximum Gasteiger partial charge on any atom is 0.262 e. The number of rotatable bonds is 7. The van der Waals surface area contributed by atoms with Crippen LogP contribution in [0.5, 0.6) is 0 Å². The van der Waals surface area contributed by atoms with E-state index in [4.69, 9.17) is 11.6 Å². The normalized spacial score (nSPS) is 11.2. The fourth-order valence-electron chi connectivity index (χ4n) is 3.42. The Kier molecular flexibility index (Phi) is 6.29. The molecule has 8 nitrogen and oxygen atoms in total. The second-order valence-electron chi connectivity index (χ2n) is 7.21. The lowest BCUT2D eigenvalue weighted by molar-refractivity contribution is -0.113. The topological polar surface area (TPSA) is 98.4 Å². The minimum absolute atomic E-state index is 0.0695. The van der Waals surface area contributed by atoms with Gasteiger partial charge in [0.05, 0.1) is 16.7 Å². The number of nitrogens with zero attached hydrogens (tertiary/aromatic N) is 4. The van der Waals surface area contributed by atoms with Crippen LogP contribution in [0.2, 0.25) is 5.02 Å². The zero-order chi connectivity index (χ0) is 22.8. The van der Waals surface area contributed by atoms with Crippen molar-refractivity contribution >= 4 is 57.4 Å². The molecule has 0 fully saturated rings. The van der Waals surface area contributed by atoms with Crippen molar-refractivity contribution < 1.29 is 9.59 Å². The van der Waals surface area contributed by atoms with Crippen LogP contribution in [0.4, 0.5) is 5.69 Å². The molecule has 0 aliphatic carbocycles. The van der Waals surface area contributed by atoms with Gasteiger partial charge < -0.3 is 5.32 Å². The van der Waals surface area contributed by atoms with E-state index in [-0.39, 0.29) is 23.0 Å². The van der Waals surface area contributed by atoms with Gasteiger partial charge in [0.1, 0.15) is 0 Å². The van der Waals surface area contributed by atoms with Gasteiger partial charge in [0.2, 0.25) is 11.7 Å². The average Bonchev–Trinajstić information content (AvgIpc) is 3.19. The Morgan fingerprint density at radius 2 is 1.97 bits per heavy atom. The van der Waals surface area contributed by atoms with E-state index in [0.29, 0.717) is 44.7 Å².